The first kappa shape index (κ1) is 8.95. The zero-order valence-electron chi connectivity index (χ0n) is 8.81. The van der Waals surface area contributed by atoms with Crippen LogP contribution in [0.3, 0.4) is 0 Å². The fraction of sp³-hybridized carbons (Fsp3) is 0.636. The molecule has 2 heterocycles. The molecule has 1 aliphatic carbocycles. The van der Waals surface area contributed by atoms with Crippen LogP contribution in [0.15, 0.2) is 12.5 Å². The van der Waals surface area contributed by atoms with Gasteiger partial charge in [0.15, 0.2) is 0 Å². The normalized spacial score (nSPS) is 30.6. The lowest BCUT2D eigenvalue weighted by atomic mass is 9.98. The summed E-state index contributed by atoms with van der Waals surface area (Å²) < 4.78 is 2.25. The van der Waals surface area contributed by atoms with Crippen LogP contribution >= 0.6 is 0 Å². The van der Waals surface area contributed by atoms with E-state index in [2.05, 4.69) is 21.8 Å². The largest absolute Gasteiger partial charge is 0.353 e. The number of aromatic nitrogens is 2. The maximum absolute atomic E-state index is 11.3. The minimum atomic E-state index is 0.163. The Balaban J connectivity index is 1.91. The minimum absolute atomic E-state index is 0.163. The van der Waals surface area contributed by atoms with Gasteiger partial charge in [-0.3, -0.25) is 4.79 Å². The Labute approximate surface area is 88.7 Å². The summed E-state index contributed by atoms with van der Waals surface area (Å²) in [5.74, 6) is 0.469. The highest BCUT2D eigenvalue weighted by Crippen LogP contribution is 2.39. The Morgan fingerprint density at radius 3 is 2.93 bits per heavy atom. The summed E-state index contributed by atoms with van der Waals surface area (Å²) in [6, 6.07) is 0.886. The van der Waals surface area contributed by atoms with Crippen molar-refractivity contribution < 1.29 is 4.79 Å². The molecule has 80 valence electrons. The number of nitrogens with one attached hydrogen (secondary N) is 1. The van der Waals surface area contributed by atoms with Crippen LogP contribution in [0, 0.1) is 0 Å². The first-order valence-electron chi connectivity index (χ1n) is 5.57. The fourth-order valence-electron chi connectivity index (χ4n) is 2.41. The standard InChI is InChI=1S/C11H15N3O/c1-7-9(4-11(15)13-7)10-5-12-6-14(10)8-2-3-8/h5-9H,2-4H2,1H3,(H,13,15). The summed E-state index contributed by atoms with van der Waals surface area (Å²) in [5.41, 5.74) is 1.23. The predicted octanol–water partition coefficient (Wildman–Crippen LogP) is 1.21. The Hall–Kier alpha value is -1.32. The molecule has 1 N–H and O–H groups in total. The van der Waals surface area contributed by atoms with Gasteiger partial charge in [-0.25, -0.2) is 4.98 Å². The number of imidazole rings is 1. The molecule has 2 atom stereocenters. The smallest absolute Gasteiger partial charge is 0.220 e. The van der Waals surface area contributed by atoms with E-state index in [9.17, 15) is 4.79 Å². The van der Waals surface area contributed by atoms with Gasteiger partial charge in [0.05, 0.1) is 6.33 Å². The summed E-state index contributed by atoms with van der Waals surface area (Å²) in [6.45, 7) is 2.07. The van der Waals surface area contributed by atoms with Crippen LogP contribution in [0.1, 0.15) is 43.8 Å². The molecule has 15 heavy (non-hydrogen) atoms. The van der Waals surface area contributed by atoms with Gasteiger partial charge >= 0.3 is 0 Å². The average molecular weight is 205 g/mol. The Kier molecular flexibility index (Phi) is 1.84. The summed E-state index contributed by atoms with van der Waals surface area (Å²) >= 11 is 0. The van der Waals surface area contributed by atoms with Gasteiger partial charge in [-0.15, -0.1) is 0 Å². The maximum atomic E-state index is 11.3. The third kappa shape index (κ3) is 1.44. The van der Waals surface area contributed by atoms with Crippen molar-refractivity contribution in [3.63, 3.8) is 0 Å². The second-order valence-electron chi connectivity index (χ2n) is 4.62. The molecule has 1 amide bonds. The summed E-state index contributed by atoms with van der Waals surface area (Å²) in [5, 5.41) is 2.96. The van der Waals surface area contributed by atoms with Crippen LogP contribution in [0.25, 0.3) is 0 Å². The van der Waals surface area contributed by atoms with Crippen molar-refractivity contribution in [3.05, 3.63) is 18.2 Å². The summed E-state index contributed by atoms with van der Waals surface area (Å²) in [4.78, 5) is 15.5. The van der Waals surface area contributed by atoms with Crippen molar-refractivity contribution in [3.8, 4) is 0 Å². The molecule has 0 spiro atoms. The molecule has 2 fully saturated rings. The first-order valence-corrected chi connectivity index (χ1v) is 5.57. The maximum Gasteiger partial charge on any atom is 0.220 e. The number of rotatable bonds is 2. The zero-order valence-corrected chi connectivity index (χ0v) is 8.81. The fourth-order valence-corrected chi connectivity index (χ4v) is 2.41. The number of carbonyl (C=O) groups excluding carboxylic acids is 1. The van der Waals surface area contributed by atoms with Crippen molar-refractivity contribution in [1.29, 1.82) is 0 Å². The molecule has 3 rings (SSSR count). The third-order valence-electron chi connectivity index (χ3n) is 3.41. The van der Waals surface area contributed by atoms with E-state index in [0.29, 0.717) is 18.4 Å². The van der Waals surface area contributed by atoms with Crippen LogP contribution in [0.4, 0.5) is 0 Å². The molecule has 0 bridgehead atoms. The zero-order chi connectivity index (χ0) is 10.4. The van der Waals surface area contributed by atoms with E-state index in [1.165, 1.54) is 18.5 Å². The quantitative estimate of drug-likeness (QED) is 0.788. The van der Waals surface area contributed by atoms with Gasteiger partial charge in [0.1, 0.15) is 0 Å². The molecule has 1 aromatic rings. The second-order valence-corrected chi connectivity index (χ2v) is 4.62. The lowest BCUT2D eigenvalue weighted by Crippen LogP contribution is -2.25. The Bertz CT molecular complexity index is 394. The van der Waals surface area contributed by atoms with Crippen LogP contribution < -0.4 is 5.32 Å². The number of nitrogens with zero attached hydrogens (tertiary/aromatic N) is 2. The van der Waals surface area contributed by atoms with Crippen LogP contribution in [-0.2, 0) is 4.79 Å². The van der Waals surface area contributed by atoms with Gasteiger partial charge in [-0.2, -0.15) is 0 Å². The molecule has 1 aromatic heterocycles. The monoisotopic (exact) mass is 205 g/mol. The SMILES string of the molecule is CC1NC(=O)CC1c1cncn1C1CC1. The number of carbonyl (C=O) groups is 1. The molecular weight excluding hydrogens is 190 g/mol. The highest BCUT2D eigenvalue weighted by atomic mass is 16.2. The molecular formula is C11H15N3O. The number of hydrogen-bond donors (Lipinski definition) is 1. The summed E-state index contributed by atoms with van der Waals surface area (Å²) in [7, 11) is 0. The van der Waals surface area contributed by atoms with E-state index in [1.54, 1.807) is 0 Å². The van der Waals surface area contributed by atoms with Crippen molar-refractivity contribution in [2.75, 3.05) is 0 Å². The number of hydrogen-bond acceptors (Lipinski definition) is 2. The highest BCUT2D eigenvalue weighted by Gasteiger charge is 2.35. The van der Waals surface area contributed by atoms with E-state index >= 15 is 0 Å². The van der Waals surface area contributed by atoms with Gasteiger partial charge < -0.3 is 9.88 Å². The van der Waals surface area contributed by atoms with E-state index in [4.69, 9.17) is 0 Å². The topological polar surface area (TPSA) is 46.9 Å². The Morgan fingerprint density at radius 1 is 1.53 bits per heavy atom. The predicted molar refractivity (Wildman–Crippen MR) is 55.5 cm³/mol. The Morgan fingerprint density at radius 2 is 2.33 bits per heavy atom. The summed E-state index contributed by atoms with van der Waals surface area (Å²) in [6.07, 6.45) is 6.94. The molecule has 1 aliphatic heterocycles. The first-order chi connectivity index (χ1) is 7.25. The van der Waals surface area contributed by atoms with Gasteiger partial charge in [0, 0.05) is 36.3 Å². The number of amides is 1. The lowest BCUT2D eigenvalue weighted by Gasteiger charge is -2.16. The van der Waals surface area contributed by atoms with Crippen molar-refractivity contribution in [2.45, 2.75) is 44.2 Å². The van der Waals surface area contributed by atoms with Crippen molar-refractivity contribution >= 4 is 5.91 Å². The molecule has 4 nitrogen and oxygen atoms in total. The molecule has 2 unspecified atom stereocenters. The molecule has 0 aromatic carbocycles. The minimum Gasteiger partial charge on any atom is -0.353 e. The molecule has 4 heteroatoms. The van der Waals surface area contributed by atoms with Gasteiger partial charge in [-0.05, 0) is 19.8 Å². The third-order valence-corrected chi connectivity index (χ3v) is 3.41. The van der Waals surface area contributed by atoms with E-state index in [0.717, 1.165) is 0 Å². The van der Waals surface area contributed by atoms with E-state index < -0.39 is 0 Å². The van der Waals surface area contributed by atoms with Crippen molar-refractivity contribution in [1.82, 2.24) is 14.9 Å². The second kappa shape index (κ2) is 3.08. The molecule has 0 radical (unpaired) electrons. The van der Waals surface area contributed by atoms with Crippen LogP contribution in [0.2, 0.25) is 0 Å². The van der Waals surface area contributed by atoms with Crippen LogP contribution in [0.5, 0.6) is 0 Å². The highest BCUT2D eigenvalue weighted by molar-refractivity contribution is 5.80. The van der Waals surface area contributed by atoms with Gasteiger partial charge in [0.25, 0.3) is 0 Å². The van der Waals surface area contributed by atoms with Gasteiger partial charge in [-0.1, -0.05) is 0 Å². The van der Waals surface area contributed by atoms with Crippen LogP contribution in [-0.4, -0.2) is 21.5 Å². The van der Waals surface area contributed by atoms with E-state index in [-0.39, 0.29) is 11.9 Å². The molecule has 2 aliphatic rings. The van der Waals surface area contributed by atoms with Crippen molar-refractivity contribution in [2.24, 2.45) is 0 Å². The lowest BCUT2D eigenvalue weighted by molar-refractivity contribution is -0.119. The molecule has 1 saturated carbocycles. The average Bonchev–Trinajstić information content (AvgIpc) is 2.83. The van der Waals surface area contributed by atoms with E-state index in [1.807, 2.05) is 12.5 Å². The van der Waals surface area contributed by atoms with Gasteiger partial charge in [0.2, 0.25) is 5.91 Å². The molecule has 1 saturated heterocycles.